The maximum Gasteiger partial charge on any atom is 0.407 e. The third-order valence-corrected chi connectivity index (χ3v) is 3.81. The Morgan fingerprint density at radius 2 is 1.86 bits per heavy atom. The van der Waals surface area contributed by atoms with Crippen molar-refractivity contribution in [3.05, 3.63) is 0 Å². The van der Waals surface area contributed by atoms with Crippen molar-refractivity contribution in [1.82, 2.24) is 15.5 Å². The summed E-state index contributed by atoms with van der Waals surface area (Å²) in [6, 6.07) is 0.464. The standard InChI is InChI=1S/C16H31N3O3/c1-6-13(18-15(21)22-16(3,4)5)11-17-14-7-9-19(10-8-14)12(2)20/h13-14,17H,6-11H2,1-5H3,(H,18,21). The van der Waals surface area contributed by atoms with E-state index < -0.39 is 5.60 Å². The van der Waals surface area contributed by atoms with Crippen LogP contribution in [0.2, 0.25) is 0 Å². The Hall–Kier alpha value is -1.30. The van der Waals surface area contributed by atoms with Gasteiger partial charge >= 0.3 is 6.09 Å². The van der Waals surface area contributed by atoms with Gasteiger partial charge in [0, 0.05) is 38.6 Å². The van der Waals surface area contributed by atoms with Gasteiger partial charge in [0.1, 0.15) is 5.60 Å². The summed E-state index contributed by atoms with van der Waals surface area (Å²) in [6.45, 7) is 11.6. The number of likely N-dealkylation sites (tertiary alicyclic amines) is 1. The predicted molar refractivity (Wildman–Crippen MR) is 86.7 cm³/mol. The molecule has 128 valence electrons. The molecule has 2 N–H and O–H groups in total. The summed E-state index contributed by atoms with van der Waals surface area (Å²) in [5, 5.41) is 6.39. The van der Waals surface area contributed by atoms with Crippen LogP contribution in [-0.2, 0) is 9.53 Å². The summed E-state index contributed by atoms with van der Waals surface area (Å²) >= 11 is 0. The fourth-order valence-electron chi connectivity index (χ4n) is 2.48. The molecule has 2 amide bonds. The van der Waals surface area contributed by atoms with Crippen molar-refractivity contribution in [3.63, 3.8) is 0 Å². The highest BCUT2D eigenvalue weighted by Gasteiger charge is 2.22. The van der Waals surface area contributed by atoms with Gasteiger partial charge < -0.3 is 20.3 Å². The van der Waals surface area contributed by atoms with E-state index in [9.17, 15) is 9.59 Å². The van der Waals surface area contributed by atoms with E-state index in [-0.39, 0.29) is 18.0 Å². The molecule has 0 saturated carbocycles. The number of piperidine rings is 1. The first-order valence-corrected chi connectivity index (χ1v) is 8.19. The molecule has 1 unspecified atom stereocenters. The molecule has 0 bridgehead atoms. The Kier molecular flexibility index (Phi) is 7.13. The SMILES string of the molecule is CCC(CNC1CCN(C(C)=O)CC1)NC(=O)OC(C)(C)C. The summed E-state index contributed by atoms with van der Waals surface area (Å²) in [6.07, 6.45) is 2.40. The first-order chi connectivity index (χ1) is 10.2. The molecule has 22 heavy (non-hydrogen) atoms. The monoisotopic (exact) mass is 313 g/mol. The molecule has 0 aromatic heterocycles. The smallest absolute Gasteiger partial charge is 0.407 e. The van der Waals surface area contributed by atoms with Crippen molar-refractivity contribution in [2.75, 3.05) is 19.6 Å². The molecule has 0 aliphatic carbocycles. The normalized spacial score (nSPS) is 18.0. The molecule has 6 nitrogen and oxygen atoms in total. The lowest BCUT2D eigenvalue weighted by atomic mass is 10.0. The number of carbonyl (C=O) groups is 2. The average molecular weight is 313 g/mol. The van der Waals surface area contributed by atoms with Crippen molar-refractivity contribution in [2.45, 2.75) is 71.6 Å². The Balaban J connectivity index is 2.30. The Labute approximate surface area is 134 Å². The zero-order chi connectivity index (χ0) is 16.8. The zero-order valence-corrected chi connectivity index (χ0v) is 14.6. The van der Waals surface area contributed by atoms with E-state index in [4.69, 9.17) is 4.74 Å². The minimum atomic E-state index is -0.477. The number of nitrogens with one attached hydrogen (secondary N) is 2. The van der Waals surface area contributed by atoms with Crippen LogP contribution >= 0.6 is 0 Å². The van der Waals surface area contributed by atoms with Crippen molar-refractivity contribution >= 4 is 12.0 Å². The lowest BCUT2D eigenvalue weighted by Gasteiger charge is -2.32. The largest absolute Gasteiger partial charge is 0.444 e. The summed E-state index contributed by atoms with van der Waals surface area (Å²) in [5.41, 5.74) is -0.477. The molecular formula is C16H31N3O3. The van der Waals surface area contributed by atoms with Crippen LogP contribution < -0.4 is 10.6 Å². The van der Waals surface area contributed by atoms with Gasteiger partial charge in [-0.3, -0.25) is 4.79 Å². The molecule has 1 heterocycles. The zero-order valence-electron chi connectivity index (χ0n) is 14.6. The molecule has 1 fully saturated rings. The second-order valence-electron chi connectivity index (χ2n) is 6.94. The van der Waals surface area contributed by atoms with Crippen molar-refractivity contribution in [3.8, 4) is 0 Å². The molecule has 1 aliphatic heterocycles. The van der Waals surface area contributed by atoms with Gasteiger partial charge in [-0.05, 0) is 40.0 Å². The molecule has 6 heteroatoms. The first-order valence-electron chi connectivity index (χ1n) is 8.19. The van der Waals surface area contributed by atoms with Gasteiger partial charge in [-0.15, -0.1) is 0 Å². The van der Waals surface area contributed by atoms with Crippen molar-refractivity contribution in [1.29, 1.82) is 0 Å². The molecule has 0 aromatic rings. The molecule has 1 saturated heterocycles. The minimum absolute atomic E-state index is 0.0562. The second-order valence-corrected chi connectivity index (χ2v) is 6.94. The third-order valence-electron chi connectivity index (χ3n) is 3.81. The van der Waals surface area contributed by atoms with E-state index in [1.165, 1.54) is 0 Å². The average Bonchev–Trinajstić information content (AvgIpc) is 2.41. The second kappa shape index (κ2) is 8.36. The Bertz CT molecular complexity index is 371. The lowest BCUT2D eigenvalue weighted by molar-refractivity contribution is -0.129. The molecule has 0 radical (unpaired) electrons. The fourth-order valence-corrected chi connectivity index (χ4v) is 2.48. The highest BCUT2D eigenvalue weighted by molar-refractivity contribution is 5.73. The van der Waals surface area contributed by atoms with Gasteiger partial charge in [0.2, 0.25) is 5.91 Å². The highest BCUT2D eigenvalue weighted by Crippen LogP contribution is 2.11. The van der Waals surface area contributed by atoms with Crippen LogP contribution in [0.5, 0.6) is 0 Å². The maximum absolute atomic E-state index is 11.8. The number of amides is 2. The van der Waals surface area contributed by atoms with Crippen molar-refractivity contribution in [2.24, 2.45) is 0 Å². The molecule has 0 spiro atoms. The number of hydrogen-bond donors (Lipinski definition) is 2. The van der Waals surface area contributed by atoms with Gasteiger partial charge in [-0.1, -0.05) is 6.92 Å². The molecular weight excluding hydrogens is 282 g/mol. The van der Waals surface area contributed by atoms with Gasteiger partial charge in [-0.2, -0.15) is 0 Å². The van der Waals surface area contributed by atoms with Gasteiger partial charge in [0.25, 0.3) is 0 Å². The van der Waals surface area contributed by atoms with Gasteiger partial charge in [-0.25, -0.2) is 4.79 Å². The fraction of sp³-hybridized carbons (Fsp3) is 0.875. The number of alkyl carbamates (subject to hydrolysis) is 1. The first kappa shape index (κ1) is 18.7. The predicted octanol–water partition coefficient (Wildman–Crippen LogP) is 1.89. The van der Waals surface area contributed by atoms with Crippen LogP contribution in [0.3, 0.4) is 0 Å². The number of ether oxygens (including phenoxy) is 1. The van der Waals surface area contributed by atoms with E-state index >= 15 is 0 Å². The number of rotatable bonds is 5. The van der Waals surface area contributed by atoms with Gasteiger partial charge in [0.05, 0.1) is 0 Å². The van der Waals surface area contributed by atoms with Crippen LogP contribution in [0, 0.1) is 0 Å². The number of nitrogens with zero attached hydrogens (tertiary/aromatic N) is 1. The van der Waals surface area contributed by atoms with E-state index in [0.29, 0.717) is 6.04 Å². The summed E-state index contributed by atoms with van der Waals surface area (Å²) in [4.78, 5) is 25.0. The quantitative estimate of drug-likeness (QED) is 0.813. The Morgan fingerprint density at radius 1 is 1.27 bits per heavy atom. The van der Waals surface area contributed by atoms with E-state index in [1.807, 2.05) is 32.6 Å². The van der Waals surface area contributed by atoms with Crippen LogP contribution in [0.4, 0.5) is 4.79 Å². The highest BCUT2D eigenvalue weighted by atomic mass is 16.6. The van der Waals surface area contributed by atoms with Crippen molar-refractivity contribution < 1.29 is 14.3 Å². The topological polar surface area (TPSA) is 70.7 Å². The van der Waals surface area contributed by atoms with E-state index in [2.05, 4.69) is 10.6 Å². The van der Waals surface area contributed by atoms with Gasteiger partial charge in [0.15, 0.2) is 0 Å². The summed E-state index contributed by atoms with van der Waals surface area (Å²) < 4.78 is 5.28. The lowest BCUT2D eigenvalue weighted by Crippen LogP contribution is -2.49. The molecule has 1 aliphatic rings. The molecule has 1 atom stereocenters. The van der Waals surface area contributed by atoms with E-state index in [1.54, 1.807) is 6.92 Å². The van der Waals surface area contributed by atoms with Crippen LogP contribution in [0.25, 0.3) is 0 Å². The number of hydrogen-bond acceptors (Lipinski definition) is 4. The van der Waals surface area contributed by atoms with E-state index in [0.717, 1.165) is 38.9 Å². The molecule has 0 aromatic carbocycles. The molecule has 1 rings (SSSR count). The third kappa shape index (κ3) is 7.11. The summed E-state index contributed by atoms with van der Waals surface area (Å²) in [5.74, 6) is 0.150. The maximum atomic E-state index is 11.8. The summed E-state index contributed by atoms with van der Waals surface area (Å²) in [7, 11) is 0. The van der Waals surface area contributed by atoms with Crippen LogP contribution in [0.15, 0.2) is 0 Å². The number of carbonyl (C=O) groups excluding carboxylic acids is 2. The van der Waals surface area contributed by atoms with Crippen LogP contribution in [-0.4, -0.2) is 54.2 Å². The Morgan fingerprint density at radius 3 is 2.32 bits per heavy atom. The minimum Gasteiger partial charge on any atom is -0.444 e. The van der Waals surface area contributed by atoms with Crippen LogP contribution in [0.1, 0.15) is 53.9 Å².